The minimum Gasteiger partial charge on any atom is -0.258 e. The molecule has 2 rings (SSSR count). The Morgan fingerprint density at radius 1 is 0.455 bits per heavy atom. The van der Waals surface area contributed by atoms with Crippen molar-refractivity contribution in [2.75, 3.05) is 0 Å². The van der Waals surface area contributed by atoms with Crippen molar-refractivity contribution in [3.63, 3.8) is 0 Å². The molecule has 0 aliphatic rings. The topological polar surface area (TPSA) is 120 Å². The molecule has 0 radical (unpaired) electrons. The van der Waals surface area contributed by atoms with E-state index in [1.807, 2.05) is 0 Å². The van der Waals surface area contributed by atoms with E-state index in [9.17, 15) is 28.6 Å². The smallest absolute Gasteiger partial charge is 0.258 e. The first-order valence-electron chi connectivity index (χ1n) is 22.3. The summed E-state index contributed by atoms with van der Waals surface area (Å²) in [5.41, 5.74) is 1.69. The Morgan fingerprint density at radius 2 is 0.709 bits per heavy atom. The Balaban J connectivity index is 2.14. The lowest BCUT2D eigenvalue weighted by atomic mass is 10.0. The second-order valence-corrected chi connectivity index (χ2v) is 18.6. The number of hydrogen-bond donors (Lipinski definition) is 0. The SMILES string of the molecule is CCCCCCCCCCCCCCCC(c1ccc(C)c([N+](=O)[O-])c1)S(=O)(=O)C(CCCCCCCCCCCCCCC)c1ccc(C)c([N+](=O)[O-])c1. The maximum Gasteiger partial charge on any atom is 0.272 e. The third kappa shape index (κ3) is 18.8. The van der Waals surface area contributed by atoms with Crippen LogP contribution in [0.15, 0.2) is 36.4 Å². The molecular formula is C46H76N2O6S. The van der Waals surface area contributed by atoms with E-state index in [2.05, 4.69) is 13.8 Å². The molecule has 8 nitrogen and oxygen atoms in total. The van der Waals surface area contributed by atoms with E-state index in [-0.39, 0.29) is 11.4 Å². The Kier molecular flexibility index (Phi) is 25.1. The molecule has 2 unspecified atom stereocenters. The Morgan fingerprint density at radius 3 is 0.964 bits per heavy atom. The van der Waals surface area contributed by atoms with E-state index in [0.717, 1.165) is 38.5 Å². The van der Waals surface area contributed by atoms with Crippen molar-refractivity contribution in [1.29, 1.82) is 0 Å². The lowest BCUT2D eigenvalue weighted by Crippen LogP contribution is -2.22. The zero-order valence-electron chi connectivity index (χ0n) is 35.2. The maximum absolute atomic E-state index is 14.9. The molecule has 312 valence electrons. The van der Waals surface area contributed by atoms with Gasteiger partial charge in [0.25, 0.3) is 11.4 Å². The molecule has 55 heavy (non-hydrogen) atoms. The predicted octanol–water partition coefficient (Wildman–Crippen LogP) is 15.3. The zero-order valence-corrected chi connectivity index (χ0v) is 36.0. The molecule has 0 amide bonds. The molecule has 0 N–H and O–H groups in total. The first kappa shape index (κ1) is 48.3. The molecule has 0 aliphatic carbocycles. The Labute approximate surface area is 335 Å². The number of rotatable bonds is 34. The van der Waals surface area contributed by atoms with Gasteiger partial charge < -0.3 is 0 Å². The quantitative estimate of drug-likeness (QED) is 0.0396. The van der Waals surface area contributed by atoms with Gasteiger partial charge in [-0.05, 0) is 37.8 Å². The summed E-state index contributed by atoms with van der Waals surface area (Å²) in [7, 11) is -3.96. The fourth-order valence-electron chi connectivity index (χ4n) is 7.98. The normalized spacial score (nSPS) is 12.9. The summed E-state index contributed by atoms with van der Waals surface area (Å²) in [6.07, 6.45) is 31.4. The van der Waals surface area contributed by atoms with Crippen molar-refractivity contribution in [3.05, 3.63) is 78.9 Å². The van der Waals surface area contributed by atoms with Crippen molar-refractivity contribution < 1.29 is 18.3 Å². The van der Waals surface area contributed by atoms with Gasteiger partial charge >= 0.3 is 0 Å². The van der Waals surface area contributed by atoms with Crippen LogP contribution in [0.5, 0.6) is 0 Å². The average Bonchev–Trinajstić information content (AvgIpc) is 3.15. The van der Waals surface area contributed by atoms with Gasteiger partial charge in [0.05, 0.1) is 20.3 Å². The van der Waals surface area contributed by atoms with E-state index in [0.29, 0.717) is 47.9 Å². The highest BCUT2D eigenvalue weighted by molar-refractivity contribution is 7.91. The van der Waals surface area contributed by atoms with Crippen LogP contribution < -0.4 is 0 Å². The van der Waals surface area contributed by atoms with Crippen molar-refractivity contribution in [2.45, 2.75) is 218 Å². The van der Waals surface area contributed by atoms with Crippen LogP contribution >= 0.6 is 0 Å². The number of aryl methyl sites for hydroxylation is 2. The number of nitro groups is 2. The summed E-state index contributed by atoms with van der Waals surface area (Å²) in [6, 6.07) is 9.65. The van der Waals surface area contributed by atoms with Crippen LogP contribution in [-0.4, -0.2) is 18.3 Å². The molecular weight excluding hydrogens is 709 g/mol. The monoisotopic (exact) mass is 785 g/mol. The Bertz CT molecular complexity index is 1370. The molecule has 0 bridgehead atoms. The van der Waals surface area contributed by atoms with Gasteiger partial charge in [-0.2, -0.15) is 0 Å². The molecule has 0 heterocycles. The molecule has 0 saturated heterocycles. The average molecular weight is 785 g/mol. The van der Waals surface area contributed by atoms with Gasteiger partial charge in [0.15, 0.2) is 9.84 Å². The fraction of sp³-hybridized carbons (Fsp3) is 0.739. The molecule has 2 atom stereocenters. The number of hydrogen-bond acceptors (Lipinski definition) is 6. The molecule has 2 aromatic carbocycles. The second kappa shape index (κ2) is 28.6. The number of unbranched alkanes of at least 4 members (excludes halogenated alkanes) is 24. The van der Waals surface area contributed by atoms with Gasteiger partial charge in [-0.25, -0.2) is 8.42 Å². The van der Waals surface area contributed by atoms with E-state index in [1.165, 1.54) is 128 Å². The van der Waals surface area contributed by atoms with Crippen molar-refractivity contribution in [3.8, 4) is 0 Å². The van der Waals surface area contributed by atoms with Crippen molar-refractivity contribution >= 4 is 21.2 Å². The minimum absolute atomic E-state index is 0.0814. The molecule has 0 spiro atoms. The van der Waals surface area contributed by atoms with Crippen LogP contribution in [0, 0.1) is 34.1 Å². The second-order valence-electron chi connectivity index (χ2n) is 16.2. The van der Waals surface area contributed by atoms with E-state index < -0.39 is 30.2 Å². The highest BCUT2D eigenvalue weighted by Gasteiger charge is 2.37. The molecule has 2 aromatic rings. The zero-order chi connectivity index (χ0) is 40.3. The minimum atomic E-state index is -3.96. The highest BCUT2D eigenvalue weighted by Crippen LogP contribution is 2.42. The summed E-state index contributed by atoms with van der Waals surface area (Å²) < 4.78 is 29.8. The number of nitrogens with zero attached hydrogens (tertiary/aromatic N) is 2. The standard InChI is InChI=1S/C46H76N2O6S/c1-5-7-9-11-13-15-17-19-21-23-25-27-29-31-45(41-35-33-39(3)43(37-41)47(49)50)55(53,54)46(42-36-34-40(4)44(38-42)48(51)52)32-30-28-26-24-22-20-18-16-14-12-10-8-6-2/h33-38,45-46H,5-32H2,1-4H3. The fourth-order valence-corrected chi connectivity index (χ4v) is 10.4. The number of sulfone groups is 1. The summed E-state index contributed by atoms with van der Waals surface area (Å²) in [4.78, 5) is 23.0. The van der Waals surface area contributed by atoms with Gasteiger partial charge in [0, 0.05) is 23.3 Å². The van der Waals surface area contributed by atoms with E-state index >= 15 is 0 Å². The lowest BCUT2D eigenvalue weighted by Gasteiger charge is -2.26. The lowest BCUT2D eigenvalue weighted by molar-refractivity contribution is -0.385. The molecule has 0 aromatic heterocycles. The van der Waals surface area contributed by atoms with Crippen molar-refractivity contribution in [2.24, 2.45) is 0 Å². The first-order chi connectivity index (χ1) is 26.5. The van der Waals surface area contributed by atoms with E-state index in [4.69, 9.17) is 0 Å². The predicted molar refractivity (Wildman–Crippen MR) is 231 cm³/mol. The molecule has 0 aliphatic heterocycles. The van der Waals surface area contributed by atoms with Gasteiger partial charge in [-0.15, -0.1) is 0 Å². The van der Waals surface area contributed by atoms with Crippen LogP contribution in [0.2, 0.25) is 0 Å². The Hall–Kier alpha value is -2.81. The van der Waals surface area contributed by atoms with Gasteiger partial charge in [-0.1, -0.05) is 205 Å². The van der Waals surface area contributed by atoms with Crippen LogP contribution in [0.1, 0.15) is 226 Å². The van der Waals surface area contributed by atoms with Crippen LogP contribution in [0.25, 0.3) is 0 Å². The third-order valence-corrected chi connectivity index (χ3v) is 14.1. The number of benzene rings is 2. The summed E-state index contributed by atoms with van der Waals surface area (Å²) in [6.45, 7) is 7.82. The first-order valence-corrected chi connectivity index (χ1v) is 23.9. The van der Waals surface area contributed by atoms with Gasteiger partial charge in [-0.3, -0.25) is 20.2 Å². The molecule has 0 saturated carbocycles. The van der Waals surface area contributed by atoms with Crippen LogP contribution in [-0.2, 0) is 9.84 Å². The molecule has 0 fully saturated rings. The van der Waals surface area contributed by atoms with Gasteiger partial charge in [0.2, 0.25) is 0 Å². The molecule has 9 heteroatoms. The van der Waals surface area contributed by atoms with Crippen LogP contribution in [0.4, 0.5) is 11.4 Å². The largest absolute Gasteiger partial charge is 0.272 e. The van der Waals surface area contributed by atoms with Crippen LogP contribution in [0.3, 0.4) is 0 Å². The summed E-state index contributed by atoms with van der Waals surface area (Å²) in [5, 5.41) is 22.0. The highest BCUT2D eigenvalue weighted by atomic mass is 32.2. The number of nitro benzene ring substituents is 2. The van der Waals surface area contributed by atoms with E-state index in [1.54, 1.807) is 38.1 Å². The third-order valence-electron chi connectivity index (χ3n) is 11.5. The van der Waals surface area contributed by atoms with Gasteiger partial charge in [0.1, 0.15) is 0 Å². The summed E-state index contributed by atoms with van der Waals surface area (Å²) in [5.74, 6) is 0. The van der Waals surface area contributed by atoms with Crippen molar-refractivity contribution in [1.82, 2.24) is 0 Å². The maximum atomic E-state index is 14.9. The summed E-state index contributed by atoms with van der Waals surface area (Å²) >= 11 is 0.